The Morgan fingerprint density at radius 3 is 2.60 bits per heavy atom. The first-order valence-electron chi connectivity index (χ1n) is 3.42. The van der Waals surface area contributed by atoms with Gasteiger partial charge in [-0.1, -0.05) is 0 Å². The molecule has 0 spiro atoms. The summed E-state index contributed by atoms with van der Waals surface area (Å²) in [7, 11) is 1.60. The molecule has 0 aromatic heterocycles. The van der Waals surface area contributed by atoms with Gasteiger partial charge in [-0.2, -0.15) is 0 Å². The van der Waals surface area contributed by atoms with E-state index in [1.54, 1.807) is 7.05 Å². The number of rotatable bonds is 2. The number of urea groups is 1. The molecule has 1 aliphatic carbocycles. The predicted molar refractivity (Wildman–Crippen MR) is 38.6 cm³/mol. The third kappa shape index (κ3) is 1.39. The molecule has 1 rings (SSSR count). The van der Waals surface area contributed by atoms with Crippen molar-refractivity contribution in [2.75, 3.05) is 13.6 Å². The number of amides is 2. The molecule has 0 atom stereocenters. The highest BCUT2D eigenvalue weighted by Crippen LogP contribution is 2.33. The second-order valence-electron chi connectivity index (χ2n) is 2.69. The first kappa shape index (κ1) is 7.34. The summed E-state index contributed by atoms with van der Waals surface area (Å²) >= 11 is 0. The van der Waals surface area contributed by atoms with Crippen LogP contribution in [0.1, 0.15) is 12.8 Å². The first-order chi connectivity index (χ1) is 4.72. The van der Waals surface area contributed by atoms with Crippen LogP contribution in [0.2, 0.25) is 0 Å². The Hall–Kier alpha value is -0.770. The van der Waals surface area contributed by atoms with Crippen molar-refractivity contribution in [2.24, 2.45) is 5.73 Å². The molecule has 10 heavy (non-hydrogen) atoms. The van der Waals surface area contributed by atoms with Crippen molar-refractivity contribution in [3.05, 3.63) is 0 Å². The number of hydrogen-bond acceptors (Lipinski definition) is 2. The van der Waals surface area contributed by atoms with E-state index in [0.29, 0.717) is 6.54 Å². The van der Waals surface area contributed by atoms with Gasteiger partial charge in [0.15, 0.2) is 0 Å². The second-order valence-corrected chi connectivity index (χ2v) is 2.69. The summed E-state index contributed by atoms with van der Waals surface area (Å²) in [6.07, 6.45) is 2.02. The van der Waals surface area contributed by atoms with Crippen LogP contribution in [0.5, 0.6) is 0 Å². The van der Waals surface area contributed by atoms with Crippen molar-refractivity contribution < 1.29 is 4.79 Å². The molecule has 0 aromatic carbocycles. The Kier molecular flexibility index (Phi) is 1.80. The molecule has 0 radical (unpaired) electrons. The van der Waals surface area contributed by atoms with Gasteiger partial charge in [0.05, 0.1) is 5.54 Å². The molecule has 0 unspecified atom stereocenters. The summed E-state index contributed by atoms with van der Waals surface area (Å²) in [6, 6.07) is -0.136. The van der Waals surface area contributed by atoms with Crippen molar-refractivity contribution in [2.45, 2.75) is 18.4 Å². The van der Waals surface area contributed by atoms with Gasteiger partial charge in [0.25, 0.3) is 0 Å². The molecular formula is C6H13N3O. The Morgan fingerprint density at radius 1 is 1.70 bits per heavy atom. The lowest BCUT2D eigenvalue weighted by molar-refractivity contribution is 0.238. The molecule has 0 saturated heterocycles. The Bertz CT molecular complexity index is 142. The van der Waals surface area contributed by atoms with E-state index >= 15 is 0 Å². The number of carbonyl (C=O) groups excluding carboxylic acids is 1. The van der Waals surface area contributed by atoms with Crippen LogP contribution in [0.3, 0.4) is 0 Å². The summed E-state index contributed by atoms with van der Waals surface area (Å²) in [5.74, 6) is 0. The second kappa shape index (κ2) is 2.46. The van der Waals surface area contributed by atoms with Gasteiger partial charge in [0, 0.05) is 13.6 Å². The fourth-order valence-electron chi connectivity index (χ4n) is 0.834. The van der Waals surface area contributed by atoms with Crippen molar-refractivity contribution >= 4 is 6.03 Å². The first-order valence-corrected chi connectivity index (χ1v) is 3.42. The van der Waals surface area contributed by atoms with Crippen LogP contribution < -0.4 is 16.4 Å². The molecule has 1 saturated carbocycles. The summed E-state index contributed by atoms with van der Waals surface area (Å²) < 4.78 is 0. The molecular weight excluding hydrogens is 130 g/mol. The quantitative estimate of drug-likeness (QED) is 0.483. The molecule has 58 valence electrons. The van der Waals surface area contributed by atoms with Gasteiger partial charge in [-0.3, -0.25) is 0 Å². The van der Waals surface area contributed by atoms with Crippen molar-refractivity contribution in [3.8, 4) is 0 Å². The summed E-state index contributed by atoms with van der Waals surface area (Å²) in [4.78, 5) is 10.7. The monoisotopic (exact) mass is 143 g/mol. The third-order valence-corrected chi connectivity index (χ3v) is 1.85. The van der Waals surface area contributed by atoms with E-state index in [2.05, 4.69) is 10.6 Å². The maximum atomic E-state index is 10.7. The van der Waals surface area contributed by atoms with Crippen LogP contribution in [0, 0.1) is 0 Å². The number of nitrogens with one attached hydrogen (secondary N) is 2. The topological polar surface area (TPSA) is 67.2 Å². The van der Waals surface area contributed by atoms with E-state index in [9.17, 15) is 4.79 Å². The standard InChI is InChI=1S/C6H13N3O/c1-8-5(10)9-6(4-7)2-3-6/h2-4,7H2,1H3,(H2,8,9,10). The average molecular weight is 143 g/mol. The minimum atomic E-state index is -0.136. The van der Waals surface area contributed by atoms with Crippen LogP contribution in [0.4, 0.5) is 4.79 Å². The normalized spacial score (nSPS) is 19.8. The fraction of sp³-hybridized carbons (Fsp3) is 0.833. The van der Waals surface area contributed by atoms with E-state index < -0.39 is 0 Å². The number of nitrogens with two attached hydrogens (primary N) is 1. The van der Waals surface area contributed by atoms with E-state index in [0.717, 1.165) is 12.8 Å². The van der Waals surface area contributed by atoms with Crippen LogP contribution >= 0.6 is 0 Å². The van der Waals surface area contributed by atoms with Crippen molar-refractivity contribution in [3.63, 3.8) is 0 Å². The molecule has 4 nitrogen and oxygen atoms in total. The lowest BCUT2D eigenvalue weighted by atomic mass is 10.3. The van der Waals surface area contributed by atoms with Gasteiger partial charge >= 0.3 is 6.03 Å². The Morgan fingerprint density at radius 2 is 2.30 bits per heavy atom. The lowest BCUT2D eigenvalue weighted by Gasteiger charge is -2.13. The van der Waals surface area contributed by atoms with Crippen LogP contribution in [-0.2, 0) is 0 Å². The molecule has 1 fully saturated rings. The zero-order chi connectivity index (χ0) is 7.61. The minimum absolute atomic E-state index is 0.0694. The SMILES string of the molecule is CNC(=O)NC1(CN)CC1. The highest BCUT2D eigenvalue weighted by molar-refractivity contribution is 5.74. The van der Waals surface area contributed by atoms with Gasteiger partial charge in [-0.15, -0.1) is 0 Å². The predicted octanol–water partition coefficient (Wildman–Crippen LogP) is -0.593. The van der Waals surface area contributed by atoms with Gasteiger partial charge < -0.3 is 16.4 Å². The third-order valence-electron chi connectivity index (χ3n) is 1.85. The van der Waals surface area contributed by atoms with E-state index in [4.69, 9.17) is 5.73 Å². The Balaban J connectivity index is 2.30. The van der Waals surface area contributed by atoms with Gasteiger partial charge in [-0.25, -0.2) is 4.79 Å². The maximum Gasteiger partial charge on any atom is 0.315 e. The van der Waals surface area contributed by atoms with Gasteiger partial charge in [-0.05, 0) is 12.8 Å². The highest BCUT2D eigenvalue weighted by atomic mass is 16.2. The Labute approximate surface area is 60.2 Å². The molecule has 0 heterocycles. The van der Waals surface area contributed by atoms with Gasteiger partial charge in [0.1, 0.15) is 0 Å². The molecule has 0 aliphatic heterocycles. The van der Waals surface area contributed by atoms with Crippen LogP contribution in [-0.4, -0.2) is 25.2 Å². The number of hydrogen-bond donors (Lipinski definition) is 3. The summed E-state index contributed by atoms with van der Waals surface area (Å²) in [5, 5.41) is 5.28. The van der Waals surface area contributed by atoms with E-state index in [1.807, 2.05) is 0 Å². The van der Waals surface area contributed by atoms with E-state index in [-0.39, 0.29) is 11.6 Å². The van der Waals surface area contributed by atoms with Gasteiger partial charge in [0.2, 0.25) is 0 Å². The molecule has 0 aromatic rings. The van der Waals surface area contributed by atoms with E-state index in [1.165, 1.54) is 0 Å². The molecule has 1 aliphatic rings. The summed E-state index contributed by atoms with van der Waals surface area (Å²) in [6.45, 7) is 0.542. The van der Waals surface area contributed by atoms with Crippen LogP contribution in [0.15, 0.2) is 0 Å². The molecule has 4 heteroatoms. The molecule has 4 N–H and O–H groups in total. The minimum Gasteiger partial charge on any atom is -0.341 e. The average Bonchev–Trinajstić information content (AvgIpc) is 2.70. The zero-order valence-corrected chi connectivity index (χ0v) is 6.11. The number of carbonyl (C=O) groups is 1. The lowest BCUT2D eigenvalue weighted by Crippen LogP contribution is -2.46. The summed E-state index contributed by atoms with van der Waals surface area (Å²) in [5.41, 5.74) is 5.36. The fourth-order valence-corrected chi connectivity index (χ4v) is 0.834. The largest absolute Gasteiger partial charge is 0.341 e. The van der Waals surface area contributed by atoms with Crippen LogP contribution in [0.25, 0.3) is 0 Å². The highest BCUT2D eigenvalue weighted by Gasteiger charge is 2.42. The van der Waals surface area contributed by atoms with Crippen molar-refractivity contribution in [1.29, 1.82) is 0 Å². The smallest absolute Gasteiger partial charge is 0.315 e. The maximum absolute atomic E-state index is 10.7. The van der Waals surface area contributed by atoms with Crippen molar-refractivity contribution in [1.82, 2.24) is 10.6 Å². The molecule has 0 bridgehead atoms. The molecule has 2 amide bonds. The zero-order valence-electron chi connectivity index (χ0n) is 6.11.